The molecule has 4 N–H and O–H groups in total. The van der Waals surface area contributed by atoms with E-state index in [4.69, 9.17) is 43.6 Å². The molecule has 2 aromatic rings. The van der Waals surface area contributed by atoms with Gasteiger partial charge >= 0.3 is 41.9 Å². The molecule has 4 saturated carbocycles. The second kappa shape index (κ2) is 17.5. The average Bonchev–Trinajstić information content (AvgIpc) is 4.00. The summed E-state index contributed by atoms with van der Waals surface area (Å²) in [5, 5.41) is 16.5. The number of nitrogens with one attached hydrogen (secondary N) is 1. The molecule has 6 aliphatic carbocycles. The molecular formula is C50H56N2O17. The van der Waals surface area contributed by atoms with Crippen molar-refractivity contribution < 1.29 is 81.4 Å². The molecule has 1 spiro atoms. The topological polar surface area (TPSA) is 269 Å². The fourth-order valence-corrected chi connectivity index (χ4v) is 11.6. The molecule has 1 amide bonds. The molecule has 0 aromatic heterocycles. The van der Waals surface area contributed by atoms with Gasteiger partial charge in [-0.05, 0) is 63.0 Å². The zero-order valence-electron chi connectivity index (χ0n) is 39.3. The van der Waals surface area contributed by atoms with Gasteiger partial charge in [0.2, 0.25) is 6.10 Å². The van der Waals surface area contributed by atoms with Crippen LogP contribution in [0, 0.1) is 16.7 Å². The molecule has 69 heavy (non-hydrogen) atoms. The lowest BCUT2D eigenvalue weighted by Crippen LogP contribution is -2.88. The fourth-order valence-electron chi connectivity index (χ4n) is 11.6. The van der Waals surface area contributed by atoms with E-state index < -0.39 is 130 Å². The number of esters is 6. The number of carbonyl (C=O) groups excluding carboxylic acids is 8. The Labute approximate surface area is 397 Å². The van der Waals surface area contributed by atoms with E-state index in [1.807, 2.05) is 0 Å². The normalized spacial score (nSPS) is 32.1. The molecule has 1 saturated heterocycles. The third-order valence-electron chi connectivity index (χ3n) is 14.3. The van der Waals surface area contributed by atoms with Gasteiger partial charge in [-0.2, -0.15) is 0 Å². The Morgan fingerprint density at radius 2 is 1.59 bits per heavy atom. The van der Waals surface area contributed by atoms with Crippen LogP contribution in [0.3, 0.4) is 0 Å². The summed E-state index contributed by atoms with van der Waals surface area (Å²) in [6.45, 7) is 9.03. The van der Waals surface area contributed by atoms with Crippen LogP contribution >= 0.6 is 0 Å². The summed E-state index contributed by atoms with van der Waals surface area (Å²) in [6, 6.07) is 14.4. The molecule has 0 radical (unpaired) electrons. The predicted octanol–water partition coefficient (Wildman–Crippen LogP) is 3.59. The first kappa shape index (κ1) is 49.0. The van der Waals surface area contributed by atoms with Crippen LogP contribution in [0.25, 0.3) is 0 Å². The van der Waals surface area contributed by atoms with Gasteiger partial charge in [0.15, 0.2) is 29.7 Å². The molecule has 5 fully saturated rings. The van der Waals surface area contributed by atoms with Crippen LogP contribution in [0.15, 0.2) is 83.5 Å². The molecule has 2 aromatic carbocycles. The number of alkyl carbamates (subject to hydrolysis) is 1. The minimum absolute atomic E-state index is 0.0689. The van der Waals surface area contributed by atoms with Crippen molar-refractivity contribution in [1.82, 2.24) is 5.32 Å². The van der Waals surface area contributed by atoms with E-state index in [0.29, 0.717) is 5.57 Å². The Balaban J connectivity index is 1.28. The highest BCUT2D eigenvalue weighted by atomic mass is 16.6. The van der Waals surface area contributed by atoms with Gasteiger partial charge in [0.1, 0.15) is 29.5 Å². The summed E-state index contributed by atoms with van der Waals surface area (Å²) in [7, 11) is 0. The van der Waals surface area contributed by atoms with Crippen LogP contribution in [0.5, 0.6) is 0 Å². The molecule has 19 heteroatoms. The second-order valence-corrected chi connectivity index (χ2v) is 19.8. The number of aliphatic hydroxyl groups is 1. The van der Waals surface area contributed by atoms with Gasteiger partial charge in [0.25, 0.3) is 0 Å². The van der Waals surface area contributed by atoms with Gasteiger partial charge in [-0.25, -0.2) is 19.2 Å². The maximum absolute atomic E-state index is 15.6. The van der Waals surface area contributed by atoms with E-state index in [2.05, 4.69) is 5.32 Å². The van der Waals surface area contributed by atoms with Gasteiger partial charge in [-0.15, -0.1) is 0 Å². The highest BCUT2D eigenvalue weighted by Crippen LogP contribution is 2.81. The van der Waals surface area contributed by atoms with Crippen LogP contribution in [0.4, 0.5) is 4.79 Å². The van der Waals surface area contributed by atoms with Gasteiger partial charge < -0.3 is 54.1 Å². The minimum atomic E-state index is -2.31. The summed E-state index contributed by atoms with van der Waals surface area (Å²) < 4.78 is 47.4. The van der Waals surface area contributed by atoms with Gasteiger partial charge in [-0.3, -0.25) is 19.2 Å². The molecule has 1 heterocycles. The minimum Gasteiger partial charge on any atom is -0.455 e. The predicted molar refractivity (Wildman–Crippen MR) is 236 cm³/mol. The number of hydrogen-bond donors (Lipinski definition) is 3. The maximum Gasteiger partial charge on any atom is 0.408 e. The molecule has 11 unspecified atom stereocenters. The van der Waals surface area contributed by atoms with Crippen molar-refractivity contribution >= 4 is 47.7 Å². The van der Waals surface area contributed by atoms with Crippen LogP contribution in [-0.2, 0) is 66.7 Å². The van der Waals surface area contributed by atoms with Crippen molar-refractivity contribution in [1.29, 1.82) is 0 Å². The molecule has 368 valence electrons. The Kier molecular flexibility index (Phi) is 12.4. The molecule has 9 rings (SSSR count). The number of benzene rings is 2. The number of allylic oxidation sites excluding steroid dienone is 1. The Hall–Kier alpha value is -6.44. The maximum atomic E-state index is 15.6. The Morgan fingerprint density at radius 3 is 2.19 bits per heavy atom. The average molecular weight is 957 g/mol. The second-order valence-electron chi connectivity index (χ2n) is 19.8. The number of amides is 1. The highest BCUT2D eigenvalue weighted by molar-refractivity contribution is 6.02. The molecular weight excluding hydrogens is 901 g/mol. The summed E-state index contributed by atoms with van der Waals surface area (Å²) in [4.78, 5) is 111. The summed E-state index contributed by atoms with van der Waals surface area (Å²) in [5.41, 5.74) is -3.63. The number of rotatable bonds is 14. The number of Topliss-reactive ketones (excluding diaryl/α,β-unsaturated/α-hetero) is 1. The molecule has 1 aliphatic heterocycles. The van der Waals surface area contributed by atoms with Crippen LogP contribution < -0.4 is 11.1 Å². The van der Waals surface area contributed by atoms with E-state index in [-0.39, 0.29) is 54.7 Å². The number of hydrogen-bond acceptors (Lipinski definition) is 18. The Morgan fingerprint density at radius 1 is 0.928 bits per heavy atom. The molecule has 4 bridgehead atoms. The molecule has 11 atom stereocenters. The lowest BCUT2D eigenvalue weighted by atomic mass is 9.34. The van der Waals surface area contributed by atoms with Crippen LogP contribution in [0.1, 0.15) is 96.1 Å². The third kappa shape index (κ3) is 8.06. The van der Waals surface area contributed by atoms with Crippen LogP contribution in [0.2, 0.25) is 0 Å². The summed E-state index contributed by atoms with van der Waals surface area (Å²) >= 11 is 0. The van der Waals surface area contributed by atoms with E-state index in [1.165, 1.54) is 31.2 Å². The van der Waals surface area contributed by atoms with E-state index in [1.54, 1.807) is 77.1 Å². The highest BCUT2D eigenvalue weighted by Gasteiger charge is 2.91. The number of fused-ring (bicyclic) bond motifs is 2. The first-order chi connectivity index (χ1) is 32.5. The fraction of sp³-hybridized carbons (Fsp3) is 0.520. The summed E-state index contributed by atoms with van der Waals surface area (Å²) in [5.74, 6) is -7.78. The van der Waals surface area contributed by atoms with Crippen molar-refractivity contribution in [2.75, 3.05) is 19.8 Å². The largest absolute Gasteiger partial charge is 0.455 e. The quantitative estimate of drug-likeness (QED) is 0.139. The molecule has 19 nitrogen and oxygen atoms in total. The summed E-state index contributed by atoms with van der Waals surface area (Å²) in [6.07, 6.45) is -6.43. The first-order valence-electron chi connectivity index (χ1n) is 22.7. The SMILES string of the molecule is CC(=O)OC1C(=O)C23CC2=CC2OCC2(OC(C)=O)C3C2(OC(=O)c3ccccc3)CC3(C)C1=C(C)C(OC(=O)C(OC(=O)COC(=O)CCN)C(NC(=O)OC(C)(C)C)c1ccccc1)CC32O. The van der Waals surface area contributed by atoms with Crippen LogP contribution in [-0.4, -0.2) is 119 Å². The smallest absolute Gasteiger partial charge is 0.408 e. The first-order valence-corrected chi connectivity index (χ1v) is 22.7. The van der Waals surface area contributed by atoms with Crippen molar-refractivity contribution in [3.63, 3.8) is 0 Å². The monoisotopic (exact) mass is 956 g/mol. The zero-order chi connectivity index (χ0) is 50.1. The lowest BCUT2D eigenvalue weighted by molar-refractivity contribution is -0.376. The lowest BCUT2D eigenvalue weighted by Gasteiger charge is -2.75. The number of carbonyl (C=O) groups is 8. The third-order valence-corrected chi connectivity index (χ3v) is 14.3. The number of ketones is 1. The van der Waals surface area contributed by atoms with Crippen molar-refractivity contribution in [2.24, 2.45) is 22.5 Å². The van der Waals surface area contributed by atoms with Crippen molar-refractivity contribution in [3.8, 4) is 0 Å². The molecule has 7 aliphatic rings. The van der Waals surface area contributed by atoms with Gasteiger partial charge in [0.05, 0.1) is 29.9 Å². The Bertz CT molecular complexity index is 2550. The van der Waals surface area contributed by atoms with Crippen molar-refractivity contribution in [2.45, 2.75) is 127 Å². The van der Waals surface area contributed by atoms with E-state index >= 15 is 9.59 Å². The van der Waals surface area contributed by atoms with Crippen molar-refractivity contribution in [3.05, 3.63) is 94.6 Å². The van der Waals surface area contributed by atoms with Gasteiger partial charge in [-0.1, -0.05) is 67.1 Å². The number of ether oxygens (including phenoxy) is 8. The van der Waals surface area contributed by atoms with E-state index in [0.717, 1.165) is 6.92 Å². The standard InChI is InChI=1S/C50H56N2O17/c1-26-32(65-42(59)39(66-35(56)23-62-34(55)18-19-51)37(29-14-10-8-11-15-29)52-44(60)69-45(4,5)6)22-50(61)46(7)24-49(50,68-41(58)30-16-12-9-13-17-30)43-47(40(57)38(36(26)46)64-27(2)53)21-31(47)20-33-48(43,25-63-33)67-28(3)54/h8-17,20,32-33,37-39,43,61H,18-19,21-25,51H2,1-7H3,(H,52,60). The van der Waals surface area contributed by atoms with E-state index in [9.17, 15) is 33.9 Å². The zero-order valence-corrected chi connectivity index (χ0v) is 39.3. The number of nitrogens with two attached hydrogens (primary N) is 1. The van der Waals surface area contributed by atoms with Gasteiger partial charge in [0, 0.05) is 38.6 Å².